The van der Waals surface area contributed by atoms with Gasteiger partial charge in [-0.25, -0.2) is 0 Å². The molecule has 17 heavy (non-hydrogen) atoms. The molecule has 0 aromatic carbocycles. The Labute approximate surface area is 105 Å². The number of aliphatic hydroxyl groups excluding tert-OH is 1. The predicted octanol–water partition coefficient (Wildman–Crippen LogP) is 2.08. The van der Waals surface area contributed by atoms with Gasteiger partial charge in [0.15, 0.2) is 0 Å². The van der Waals surface area contributed by atoms with Crippen molar-refractivity contribution in [1.29, 1.82) is 0 Å². The van der Waals surface area contributed by atoms with Crippen LogP contribution in [0.5, 0.6) is 0 Å². The normalized spacial score (nSPS) is 39.2. The van der Waals surface area contributed by atoms with E-state index in [0.29, 0.717) is 12.1 Å². The van der Waals surface area contributed by atoms with Crippen LogP contribution in [0.25, 0.3) is 0 Å². The Morgan fingerprint density at radius 1 is 1.00 bits per heavy atom. The Morgan fingerprint density at radius 3 is 2.24 bits per heavy atom. The average Bonchev–Trinajstić information content (AvgIpc) is 2.39. The van der Waals surface area contributed by atoms with Crippen LogP contribution >= 0.6 is 0 Å². The highest BCUT2D eigenvalue weighted by Gasteiger charge is 2.23. The van der Waals surface area contributed by atoms with Gasteiger partial charge in [0.05, 0.1) is 12.2 Å². The highest BCUT2D eigenvalue weighted by Crippen LogP contribution is 2.25. The molecular formula is C14H27NO2. The van der Waals surface area contributed by atoms with E-state index >= 15 is 0 Å². The first-order valence-corrected chi connectivity index (χ1v) is 7.22. The van der Waals surface area contributed by atoms with Crippen molar-refractivity contribution in [2.75, 3.05) is 13.7 Å². The van der Waals surface area contributed by atoms with E-state index in [0.717, 1.165) is 25.3 Å². The molecule has 0 radical (unpaired) electrons. The van der Waals surface area contributed by atoms with Crippen LogP contribution in [0.15, 0.2) is 0 Å². The molecule has 0 atom stereocenters. The third-order valence-electron chi connectivity index (χ3n) is 4.52. The Hall–Kier alpha value is -0.120. The minimum atomic E-state index is -0.0246. The summed E-state index contributed by atoms with van der Waals surface area (Å²) < 4.78 is 5.39. The standard InChI is InChI=1S/C14H27NO2/c1-17-14-8-4-12(5-9-14)15-10-11-2-6-13(16)7-3-11/h11-16H,2-10H2,1H3. The Balaban J connectivity index is 1.59. The van der Waals surface area contributed by atoms with Crippen molar-refractivity contribution in [3.63, 3.8) is 0 Å². The molecule has 2 rings (SSSR count). The van der Waals surface area contributed by atoms with Crippen LogP contribution in [0, 0.1) is 5.92 Å². The van der Waals surface area contributed by atoms with E-state index in [1.54, 1.807) is 0 Å². The van der Waals surface area contributed by atoms with Crippen LogP contribution in [0.4, 0.5) is 0 Å². The van der Waals surface area contributed by atoms with Gasteiger partial charge >= 0.3 is 0 Å². The molecule has 0 bridgehead atoms. The summed E-state index contributed by atoms with van der Waals surface area (Å²) in [6.45, 7) is 1.15. The number of ether oxygens (including phenoxy) is 1. The van der Waals surface area contributed by atoms with Gasteiger partial charge in [-0.1, -0.05) is 0 Å². The van der Waals surface area contributed by atoms with Gasteiger partial charge in [0.2, 0.25) is 0 Å². The topological polar surface area (TPSA) is 41.5 Å². The van der Waals surface area contributed by atoms with Gasteiger partial charge < -0.3 is 15.2 Å². The molecule has 2 fully saturated rings. The average molecular weight is 241 g/mol. The quantitative estimate of drug-likeness (QED) is 0.792. The highest BCUT2D eigenvalue weighted by molar-refractivity contribution is 4.80. The minimum absolute atomic E-state index is 0.0246. The molecule has 2 aliphatic carbocycles. The molecule has 2 N–H and O–H groups in total. The van der Waals surface area contributed by atoms with Gasteiger partial charge in [-0.05, 0) is 63.8 Å². The lowest BCUT2D eigenvalue weighted by Gasteiger charge is -2.31. The lowest BCUT2D eigenvalue weighted by molar-refractivity contribution is 0.0608. The number of rotatable bonds is 4. The van der Waals surface area contributed by atoms with E-state index in [9.17, 15) is 5.11 Å². The maximum atomic E-state index is 9.47. The largest absolute Gasteiger partial charge is 0.393 e. The molecule has 3 nitrogen and oxygen atoms in total. The third kappa shape index (κ3) is 4.23. The maximum Gasteiger partial charge on any atom is 0.0572 e. The molecule has 2 saturated carbocycles. The lowest BCUT2D eigenvalue weighted by Crippen LogP contribution is -2.38. The number of hydrogen-bond acceptors (Lipinski definition) is 3. The van der Waals surface area contributed by atoms with Crippen molar-refractivity contribution < 1.29 is 9.84 Å². The van der Waals surface area contributed by atoms with E-state index in [2.05, 4.69) is 5.32 Å². The summed E-state index contributed by atoms with van der Waals surface area (Å²) in [7, 11) is 1.83. The SMILES string of the molecule is COC1CCC(NCC2CCC(O)CC2)CC1. The smallest absolute Gasteiger partial charge is 0.0572 e. The van der Waals surface area contributed by atoms with Crippen LogP contribution in [-0.2, 0) is 4.74 Å². The second kappa shape index (κ2) is 6.72. The zero-order valence-corrected chi connectivity index (χ0v) is 11.0. The monoisotopic (exact) mass is 241 g/mol. The van der Waals surface area contributed by atoms with E-state index in [1.807, 2.05) is 7.11 Å². The molecule has 0 amide bonds. The summed E-state index contributed by atoms with van der Waals surface area (Å²) in [5.74, 6) is 0.790. The number of hydrogen-bond donors (Lipinski definition) is 2. The number of nitrogens with one attached hydrogen (secondary N) is 1. The summed E-state index contributed by atoms with van der Waals surface area (Å²) in [4.78, 5) is 0. The first-order chi connectivity index (χ1) is 8.28. The molecule has 0 heterocycles. The molecule has 3 heteroatoms. The molecule has 0 spiro atoms. The van der Waals surface area contributed by atoms with Gasteiger partial charge in [0.25, 0.3) is 0 Å². The van der Waals surface area contributed by atoms with Crippen LogP contribution < -0.4 is 5.32 Å². The molecule has 0 unspecified atom stereocenters. The summed E-state index contributed by atoms with van der Waals surface area (Å²) in [6, 6.07) is 0.702. The molecule has 2 aliphatic rings. The molecule has 0 aromatic heterocycles. The Morgan fingerprint density at radius 2 is 1.65 bits per heavy atom. The Bertz CT molecular complexity index is 206. The molecule has 0 saturated heterocycles. The lowest BCUT2D eigenvalue weighted by atomic mass is 9.86. The second-order valence-electron chi connectivity index (χ2n) is 5.79. The van der Waals surface area contributed by atoms with E-state index in [4.69, 9.17) is 4.74 Å². The fourth-order valence-corrected chi connectivity index (χ4v) is 3.18. The zero-order valence-electron chi connectivity index (χ0n) is 11.0. The van der Waals surface area contributed by atoms with Gasteiger partial charge in [-0.3, -0.25) is 0 Å². The molecular weight excluding hydrogens is 214 g/mol. The van der Waals surface area contributed by atoms with E-state index < -0.39 is 0 Å². The van der Waals surface area contributed by atoms with Gasteiger partial charge in [0, 0.05) is 13.2 Å². The van der Waals surface area contributed by atoms with Crippen molar-refractivity contribution in [2.24, 2.45) is 5.92 Å². The summed E-state index contributed by atoms with van der Waals surface area (Å²) in [6.07, 6.45) is 9.80. The van der Waals surface area contributed by atoms with Crippen molar-refractivity contribution in [2.45, 2.75) is 69.6 Å². The third-order valence-corrected chi connectivity index (χ3v) is 4.52. The van der Waals surface area contributed by atoms with Crippen molar-refractivity contribution in [1.82, 2.24) is 5.32 Å². The second-order valence-corrected chi connectivity index (χ2v) is 5.79. The highest BCUT2D eigenvalue weighted by atomic mass is 16.5. The molecule has 100 valence electrons. The number of aliphatic hydroxyl groups is 1. The van der Waals surface area contributed by atoms with Crippen molar-refractivity contribution in [3.8, 4) is 0 Å². The minimum Gasteiger partial charge on any atom is -0.393 e. The summed E-state index contributed by atoms with van der Waals surface area (Å²) in [5.41, 5.74) is 0. The van der Waals surface area contributed by atoms with Crippen molar-refractivity contribution in [3.05, 3.63) is 0 Å². The van der Waals surface area contributed by atoms with E-state index in [1.165, 1.54) is 38.5 Å². The van der Waals surface area contributed by atoms with Crippen LogP contribution in [0.3, 0.4) is 0 Å². The maximum absolute atomic E-state index is 9.47. The fraction of sp³-hybridized carbons (Fsp3) is 1.00. The first-order valence-electron chi connectivity index (χ1n) is 7.22. The first kappa shape index (κ1) is 13.3. The van der Waals surface area contributed by atoms with Crippen molar-refractivity contribution >= 4 is 0 Å². The predicted molar refractivity (Wildman–Crippen MR) is 69.0 cm³/mol. The van der Waals surface area contributed by atoms with Crippen LogP contribution in [0.2, 0.25) is 0 Å². The fourth-order valence-electron chi connectivity index (χ4n) is 3.18. The van der Waals surface area contributed by atoms with Gasteiger partial charge in [0.1, 0.15) is 0 Å². The van der Waals surface area contributed by atoms with E-state index in [-0.39, 0.29) is 6.10 Å². The van der Waals surface area contributed by atoms with Gasteiger partial charge in [-0.15, -0.1) is 0 Å². The molecule has 0 aromatic rings. The summed E-state index contributed by atoms with van der Waals surface area (Å²) in [5, 5.41) is 13.2. The zero-order chi connectivity index (χ0) is 12.1. The summed E-state index contributed by atoms with van der Waals surface area (Å²) >= 11 is 0. The Kier molecular flexibility index (Phi) is 5.26. The molecule has 0 aliphatic heterocycles. The van der Waals surface area contributed by atoms with Crippen LogP contribution in [-0.4, -0.2) is 37.0 Å². The van der Waals surface area contributed by atoms with Gasteiger partial charge in [-0.2, -0.15) is 0 Å². The number of methoxy groups -OCH3 is 1. The van der Waals surface area contributed by atoms with Crippen LogP contribution in [0.1, 0.15) is 51.4 Å².